The van der Waals surface area contributed by atoms with E-state index in [1.165, 1.54) is 0 Å². The fraction of sp³-hybridized carbons (Fsp3) is 0.333. The number of ether oxygens (including phenoxy) is 2. The molecule has 0 aromatic carbocycles. The van der Waals surface area contributed by atoms with E-state index in [0.29, 0.717) is 14.5 Å². The van der Waals surface area contributed by atoms with E-state index < -0.39 is 0 Å². The van der Waals surface area contributed by atoms with Crippen molar-refractivity contribution in [1.82, 2.24) is 0 Å². The van der Waals surface area contributed by atoms with Crippen LogP contribution in [0.1, 0.15) is 0 Å². The standard InChI is InChI=1S/C6H8O2Se/c1-7-5-3-9-4-6(5)8-2/h3-4H,1-2H3. The summed E-state index contributed by atoms with van der Waals surface area (Å²) in [6.45, 7) is 0. The van der Waals surface area contributed by atoms with Crippen LogP contribution in [-0.2, 0) is 0 Å². The second-order valence-electron chi connectivity index (χ2n) is 1.51. The van der Waals surface area contributed by atoms with E-state index >= 15 is 0 Å². The molecule has 0 saturated carbocycles. The molecule has 0 radical (unpaired) electrons. The fourth-order valence-corrected chi connectivity index (χ4v) is 2.12. The number of hydrogen-bond donors (Lipinski definition) is 0. The van der Waals surface area contributed by atoms with Crippen LogP contribution in [0.2, 0.25) is 0 Å². The maximum atomic E-state index is 5.00. The van der Waals surface area contributed by atoms with Crippen molar-refractivity contribution in [2.24, 2.45) is 0 Å². The van der Waals surface area contributed by atoms with Crippen molar-refractivity contribution in [3.63, 3.8) is 0 Å². The van der Waals surface area contributed by atoms with Crippen LogP contribution in [0.4, 0.5) is 0 Å². The van der Waals surface area contributed by atoms with Crippen molar-refractivity contribution < 1.29 is 9.47 Å². The van der Waals surface area contributed by atoms with Gasteiger partial charge in [0.1, 0.15) is 0 Å². The van der Waals surface area contributed by atoms with Gasteiger partial charge in [-0.15, -0.1) is 0 Å². The van der Waals surface area contributed by atoms with Gasteiger partial charge in [0.05, 0.1) is 0 Å². The van der Waals surface area contributed by atoms with Crippen LogP contribution in [0.3, 0.4) is 0 Å². The summed E-state index contributed by atoms with van der Waals surface area (Å²) in [5, 5.41) is 0. The first-order chi connectivity index (χ1) is 4.38. The molecular formula is C6H8O2Se. The molecule has 1 heterocycles. The van der Waals surface area contributed by atoms with Gasteiger partial charge in [0, 0.05) is 0 Å². The fourth-order valence-electron chi connectivity index (χ4n) is 0.571. The van der Waals surface area contributed by atoms with Gasteiger partial charge in [-0.1, -0.05) is 0 Å². The second-order valence-corrected chi connectivity index (χ2v) is 3.07. The summed E-state index contributed by atoms with van der Waals surface area (Å²) in [7, 11) is 3.31. The van der Waals surface area contributed by atoms with Gasteiger partial charge in [-0.05, 0) is 0 Å². The van der Waals surface area contributed by atoms with Gasteiger partial charge in [-0.25, -0.2) is 0 Å². The molecule has 3 heteroatoms. The molecule has 0 fully saturated rings. The zero-order chi connectivity index (χ0) is 6.69. The molecule has 0 aliphatic heterocycles. The maximum absolute atomic E-state index is 5.00. The minimum absolute atomic E-state index is 0.441. The number of hydrogen-bond acceptors (Lipinski definition) is 2. The number of methoxy groups -OCH3 is 2. The third-order valence-corrected chi connectivity index (χ3v) is 2.50. The van der Waals surface area contributed by atoms with E-state index in [-0.39, 0.29) is 0 Å². The van der Waals surface area contributed by atoms with Crippen LogP contribution >= 0.6 is 0 Å². The molecule has 1 aromatic rings. The summed E-state index contributed by atoms with van der Waals surface area (Å²) in [5.41, 5.74) is 0. The molecule has 0 bridgehead atoms. The quantitative estimate of drug-likeness (QED) is 0.642. The molecule has 0 atom stereocenters. The molecule has 1 aromatic heterocycles. The molecule has 0 N–H and O–H groups in total. The molecule has 0 unspecified atom stereocenters. The average Bonchev–Trinajstić information content (AvgIpc) is 2.33. The molecule has 2 nitrogen and oxygen atoms in total. The predicted octanol–water partition coefficient (Wildman–Crippen LogP) is 0.761. The molecule has 1 rings (SSSR count). The summed E-state index contributed by atoms with van der Waals surface area (Å²) in [5.74, 6) is 1.75. The molecule has 0 amide bonds. The Kier molecular flexibility index (Phi) is 2.20. The van der Waals surface area contributed by atoms with E-state index in [9.17, 15) is 0 Å². The zero-order valence-corrected chi connectivity index (χ0v) is 7.09. The van der Waals surface area contributed by atoms with Crippen molar-refractivity contribution in [2.45, 2.75) is 0 Å². The Morgan fingerprint density at radius 1 is 1.11 bits per heavy atom. The van der Waals surface area contributed by atoms with E-state index in [1.54, 1.807) is 14.2 Å². The molecule has 0 aliphatic carbocycles. The van der Waals surface area contributed by atoms with Gasteiger partial charge in [0.15, 0.2) is 0 Å². The normalized spacial score (nSPS) is 9.11. The van der Waals surface area contributed by atoms with Crippen LogP contribution in [0.15, 0.2) is 9.88 Å². The van der Waals surface area contributed by atoms with Crippen LogP contribution in [0.25, 0.3) is 0 Å². The third-order valence-electron chi connectivity index (χ3n) is 1.03. The molecule has 0 aliphatic rings. The Labute approximate surface area is 60.1 Å². The summed E-state index contributed by atoms with van der Waals surface area (Å²) in [6, 6.07) is 0. The van der Waals surface area contributed by atoms with Crippen molar-refractivity contribution in [3.05, 3.63) is 9.88 Å². The molecule has 50 valence electrons. The Bertz CT molecular complexity index is 164. The van der Waals surface area contributed by atoms with Gasteiger partial charge >= 0.3 is 59.6 Å². The summed E-state index contributed by atoms with van der Waals surface area (Å²) in [6.07, 6.45) is 0. The number of rotatable bonds is 2. The Hall–Kier alpha value is -0.401. The van der Waals surface area contributed by atoms with Crippen LogP contribution in [0, 0.1) is 0 Å². The molecular weight excluding hydrogens is 183 g/mol. The Balaban J connectivity index is 2.85. The van der Waals surface area contributed by atoms with E-state index in [0.717, 1.165) is 11.5 Å². The van der Waals surface area contributed by atoms with Gasteiger partial charge in [-0.2, -0.15) is 0 Å². The first kappa shape index (κ1) is 6.72. The second kappa shape index (κ2) is 2.95. The van der Waals surface area contributed by atoms with Crippen molar-refractivity contribution in [1.29, 1.82) is 0 Å². The first-order valence-corrected chi connectivity index (χ1v) is 4.50. The van der Waals surface area contributed by atoms with Crippen LogP contribution < -0.4 is 9.47 Å². The van der Waals surface area contributed by atoms with Crippen molar-refractivity contribution in [3.8, 4) is 11.5 Å². The summed E-state index contributed by atoms with van der Waals surface area (Å²) in [4.78, 5) is 4.09. The predicted molar refractivity (Wildman–Crippen MR) is 36.5 cm³/mol. The minimum atomic E-state index is 0.441. The van der Waals surface area contributed by atoms with Gasteiger partial charge < -0.3 is 0 Å². The van der Waals surface area contributed by atoms with Crippen LogP contribution in [-0.4, -0.2) is 28.7 Å². The van der Waals surface area contributed by atoms with E-state index in [1.807, 2.05) is 9.88 Å². The van der Waals surface area contributed by atoms with Gasteiger partial charge in [0.25, 0.3) is 0 Å². The zero-order valence-electron chi connectivity index (χ0n) is 5.38. The van der Waals surface area contributed by atoms with Crippen LogP contribution in [0.5, 0.6) is 11.5 Å². The Morgan fingerprint density at radius 2 is 1.56 bits per heavy atom. The molecule has 9 heavy (non-hydrogen) atoms. The average molecular weight is 191 g/mol. The van der Waals surface area contributed by atoms with Crippen molar-refractivity contribution in [2.75, 3.05) is 14.2 Å². The SMILES string of the molecule is COc1c[se]cc1OC. The van der Waals surface area contributed by atoms with Gasteiger partial charge in [-0.3, -0.25) is 0 Å². The molecule has 0 saturated heterocycles. The van der Waals surface area contributed by atoms with E-state index in [4.69, 9.17) is 9.47 Å². The third kappa shape index (κ3) is 1.29. The van der Waals surface area contributed by atoms with Gasteiger partial charge in [0.2, 0.25) is 0 Å². The summed E-state index contributed by atoms with van der Waals surface area (Å²) >= 11 is 0.441. The summed E-state index contributed by atoms with van der Waals surface area (Å²) < 4.78 is 10.00. The Morgan fingerprint density at radius 3 is 1.89 bits per heavy atom. The topological polar surface area (TPSA) is 18.5 Å². The van der Waals surface area contributed by atoms with Crippen molar-refractivity contribution >= 4 is 14.5 Å². The first-order valence-electron chi connectivity index (χ1n) is 2.52. The van der Waals surface area contributed by atoms with E-state index in [2.05, 4.69) is 0 Å². The molecule has 0 spiro atoms. The monoisotopic (exact) mass is 192 g/mol.